The van der Waals surface area contributed by atoms with E-state index in [2.05, 4.69) is 44.2 Å². The summed E-state index contributed by atoms with van der Waals surface area (Å²) in [6, 6.07) is 8.85. The third kappa shape index (κ3) is 8.95. The van der Waals surface area contributed by atoms with E-state index < -0.39 is 0 Å². The second-order valence-electron chi connectivity index (χ2n) is 10.7. The van der Waals surface area contributed by atoms with E-state index in [0.717, 1.165) is 36.5 Å². The lowest BCUT2D eigenvalue weighted by Crippen LogP contribution is -2.23. The standard InChI is InChI=1S/C31H50O/c1-3-5-7-8-10-26-13-19-29(20-14-26)30-21-15-27(16-22-30)11-12-28-17-23-31(24-18-28)32-25-9-6-4-2/h15,17-18,23-24,26,29-30H,3-14,16,19-22,25H2,1-2H3/t26-,29-,30?. The van der Waals surface area contributed by atoms with Crippen molar-refractivity contribution in [2.45, 2.75) is 123 Å². The Kier molecular flexibility index (Phi) is 11.8. The SMILES string of the molecule is CCCCCC[C@H]1CC[C@H](C2CC=C(CCc3ccc(OCCCCC)cc3)CC2)CC1. The minimum Gasteiger partial charge on any atom is -0.494 e. The maximum atomic E-state index is 5.85. The summed E-state index contributed by atoms with van der Waals surface area (Å²) in [6.45, 7) is 5.40. The fraction of sp³-hybridized carbons (Fsp3) is 0.742. The van der Waals surface area contributed by atoms with Crippen LogP contribution in [0.2, 0.25) is 0 Å². The van der Waals surface area contributed by atoms with Gasteiger partial charge in [-0.05, 0) is 86.8 Å². The maximum Gasteiger partial charge on any atom is 0.119 e. The number of benzene rings is 1. The Hall–Kier alpha value is -1.24. The van der Waals surface area contributed by atoms with Crippen LogP contribution in [0.4, 0.5) is 0 Å². The van der Waals surface area contributed by atoms with E-state index in [0.29, 0.717) is 0 Å². The molecule has 0 aliphatic heterocycles. The van der Waals surface area contributed by atoms with Crippen LogP contribution in [0.5, 0.6) is 5.75 Å². The van der Waals surface area contributed by atoms with E-state index in [1.54, 1.807) is 5.57 Å². The molecule has 1 nitrogen and oxygen atoms in total. The van der Waals surface area contributed by atoms with Gasteiger partial charge in [-0.2, -0.15) is 0 Å². The number of hydrogen-bond donors (Lipinski definition) is 0. The van der Waals surface area contributed by atoms with Crippen LogP contribution in [0.15, 0.2) is 35.9 Å². The quantitative estimate of drug-likeness (QED) is 0.207. The molecule has 1 saturated carbocycles. The van der Waals surface area contributed by atoms with Gasteiger partial charge in [-0.1, -0.05) is 95.4 Å². The van der Waals surface area contributed by atoms with Crippen LogP contribution in [0, 0.1) is 17.8 Å². The molecule has 0 heterocycles. The molecular weight excluding hydrogens is 388 g/mol. The Morgan fingerprint density at radius 1 is 0.750 bits per heavy atom. The predicted octanol–water partition coefficient (Wildman–Crippen LogP) is 9.69. The van der Waals surface area contributed by atoms with Gasteiger partial charge in [0.25, 0.3) is 0 Å². The summed E-state index contributed by atoms with van der Waals surface area (Å²) in [7, 11) is 0. The lowest BCUT2D eigenvalue weighted by atomic mass is 9.70. The third-order valence-corrected chi connectivity index (χ3v) is 8.24. The lowest BCUT2D eigenvalue weighted by molar-refractivity contribution is 0.185. The molecule has 1 heteroatoms. The van der Waals surface area contributed by atoms with Crippen molar-refractivity contribution in [3.63, 3.8) is 0 Å². The van der Waals surface area contributed by atoms with Crippen molar-refractivity contribution in [3.05, 3.63) is 41.5 Å². The molecule has 0 amide bonds. The smallest absolute Gasteiger partial charge is 0.119 e. The molecule has 1 atom stereocenters. The second-order valence-corrected chi connectivity index (χ2v) is 10.7. The first-order chi connectivity index (χ1) is 15.8. The molecule has 1 aromatic rings. The van der Waals surface area contributed by atoms with Crippen LogP contribution >= 0.6 is 0 Å². The second kappa shape index (κ2) is 14.8. The highest BCUT2D eigenvalue weighted by Crippen LogP contribution is 2.41. The molecule has 0 spiro atoms. The number of hydrogen-bond acceptors (Lipinski definition) is 1. The van der Waals surface area contributed by atoms with Crippen molar-refractivity contribution < 1.29 is 4.74 Å². The molecule has 0 aromatic heterocycles. The predicted molar refractivity (Wildman–Crippen MR) is 139 cm³/mol. The average molecular weight is 439 g/mol. The van der Waals surface area contributed by atoms with Crippen LogP contribution in [0.1, 0.15) is 122 Å². The molecule has 1 aromatic carbocycles. The Labute approximate surface area is 199 Å². The summed E-state index contributed by atoms with van der Waals surface area (Å²) < 4.78 is 5.85. The fourth-order valence-corrected chi connectivity index (χ4v) is 5.97. The van der Waals surface area contributed by atoms with E-state index in [9.17, 15) is 0 Å². The van der Waals surface area contributed by atoms with Crippen LogP contribution in [-0.2, 0) is 6.42 Å². The largest absolute Gasteiger partial charge is 0.494 e. The molecule has 1 fully saturated rings. The van der Waals surface area contributed by atoms with E-state index >= 15 is 0 Å². The molecule has 2 aliphatic carbocycles. The first kappa shape index (κ1) is 25.4. The Balaban J connectivity index is 1.31. The molecule has 0 saturated heterocycles. The molecule has 2 aliphatic rings. The van der Waals surface area contributed by atoms with Crippen LogP contribution in [0.25, 0.3) is 0 Å². The van der Waals surface area contributed by atoms with E-state index in [-0.39, 0.29) is 0 Å². The van der Waals surface area contributed by atoms with Crippen molar-refractivity contribution in [3.8, 4) is 5.75 Å². The summed E-state index contributed by atoms with van der Waals surface area (Å²) in [5.41, 5.74) is 3.16. The normalized spacial score (nSPS) is 23.7. The fourth-order valence-electron chi connectivity index (χ4n) is 5.97. The minimum absolute atomic E-state index is 0.849. The Morgan fingerprint density at radius 3 is 2.19 bits per heavy atom. The summed E-state index contributed by atoms with van der Waals surface area (Å²) in [6.07, 6.45) is 26.2. The van der Waals surface area contributed by atoms with Crippen molar-refractivity contribution in [2.75, 3.05) is 6.61 Å². The molecule has 0 N–H and O–H groups in total. The molecule has 32 heavy (non-hydrogen) atoms. The molecule has 180 valence electrons. The summed E-state index contributed by atoms with van der Waals surface area (Å²) in [5.74, 6) is 4.07. The highest BCUT2D eigenvalue weighted by atomic mass is 16.5. The van der Waals surface area contributed by atoms with E-state index in [4.69, 9.17) is 4.74 Å². The zero-order chi connectivity index (χ0) is 22.4. The van der Waals surface area contributed by atoms with Crippen LogP contribution in [0.3, 0.4) is 0 Å². The van der Waals surface area contributed by atoms with Gasteiger partial charge in [0.1, 0.15) is 5.75 Å². The summed E-state index contributed by atoms with van der Waals surface area (Å²) >= 11 is 0. The Morgan fingerprint density at radius 2 is 1.50 bits per heavy atom. The molecule has 3 rings (SSSR count). The summed E-state index contributed by atoms with van der Waals surface area (Å²) in [4.78, 5) is 0. The first-order valence-electron chi connectivity index (χ1n) is 14.2. The van der Waals surface area contributed by atoms with Crippen LogP contribution < -0.4 is 4.74 Å². The van der Waals surface area contributed by atoms with Gasteiger partial charge in [-0.15, -0.1) is 0 Å². The number of aryl methyl sites for hydroxylation is 1. The van der Waals surface area contributed by atoms with Gasteiger partial charge >= 0.3 is 0 Å². The van der Waals surface area contributed by atoms with Crippen molar-refractivity contribution in [1.29, 1.82) is 0 Å². The van der Waals surface area contributed by atoms with Crippen molar-refractivity contribution >= 4 is 0 Å². The third-order valence-electron chi connectivity index (χ3n) is 8.24. The lowest BCUT2D eigenvalue weighted by Gasteiger charge is -2.35. The highest BCUT2D eigenvalue weighted by molar-refractivity contribution is 5.28. The maximum absolute atomic E-state index is 5.85. The van der Waals surface area contributed by atoms with E-state index in [1.165, 1.54) is 108 Å². The van der Waals surface area contributed by atoms with E-state index in [1.807, 2.05) is 0 Å². The van der Waals surface area contributed by atoms with Gasteiger partial charge in [-0.25, -0.2) is 0 Å². The molecule has 1 unspecified atom stereocenters. The number of ether oxygens (including phenoxy) is 1. The molecule has 0 radical (unpaired) electrons. The van der Waals surface area contributed by atoms with Crippen molar-refractivity contribution in [2.24, 2.45) is 17.8 Å². The van der Waals surface area contributed by atoms with Gasteiger partial charge in [0.15, 0.2) is 0 Å². The van der Waals surface area contributed by atoms with Crippen LogP contribution in [-0.4, -0.2) is 6.61 Å². The van der Waals surface area contributed by atoms with Gasteiger partial charge in [0.2, 0.25) is 0 Å². The molecule has 0 bridgehead atoms. The number of unbranched alkanes of at least 4 members (excludes halogenated alkanes) is 5. The average Bonchev–Trinajstić information content (AvgIpc) is 2.85. The minimum atomic E-state index is 0.849. The van der Waals surface area contributed by atoms with Gasteiger partial charge < -0.3 is 4.74 Å². The Bertz CT molecular complexity index is 635. The van der Waals surface area contributed by atoms with Crippen molar-refractivity contribution in [1.82, 2.24) is 0 Å². The monoisotopic (exact) mass is 438 g/mol. The summed E-state index contributed by atoms with van der Waals surface area (Å²) in [5, 5.41) is 0. The first-order valence-corrected chi connectivity index (χ1v) is 14.2. The van der Waals surface area contributed by atoms with Gasteiger partial charge in [0, 0.05) is 0 Å². The zero-order valence-electron chi connectivity index (χ0n) is 21.3. The zero-order valence-corrected chi connectivity index (χ0v) is 21.3. The highest BCUT2D eigenvalue weighted by Gasteiger charge is 2.28. The van der Waals surface area contributed by atoms with Gasteiger partial charge in [0.05, 0.1) is 6.61 Å². The topological polar surface area (TPSA) is 9.23 Å². The number of allylic oxidation sites excluding steroid dienone is 2. The number of rotatable bonds is 14. The van der Waals surface area contributed by atoms with Gasteiger partial charge in [-0.3, -0.25) is 0 Å². The molecular formula is C31H50O.